The molecular formula is C20H16F2N2O2. The van der Waals surface area contributed by atoms with Crippen molar-refractivity contribution in [2.45, 2.75) is 26.2 Å². The number of rotatable bonds is 3. The van der Waals surface area contributed by atoms with Crippen LogP contribution in [0.5, 0.6) is 0 Å². The van der Waals surface area contributed by atoms with Crippen LogP contribution < -0.4 is 5.32 Å². The molecule has 0 radical (unpaired) electrons. The number of carbonyl (C=O) groups excluding carboxylic acids is 1. The maximum Gasteiger partial charge on any atom is 0.262 e. The number of hydrogen-bond donors (Lipinski definition) is 1. The van der Waals surface area contributed by atoms with Gasteiger partial charge in [-0.1, -0.05) is 6.07 Å². The smallest absolute Gasteiger partial charge is 0.262 e. The standard InChI is InChI=1S/C20H16F2N2O2/c1-11-18(13-4-2-7-16(13)26-11)12-8-9-17(23-10-12)24-20(25)19-14(21)5-3-6-15(19)22/h3,5-6,8-10H,2,4,7H2,1H3,(H,23,24,25). The molecule has 0 fully saturated rings. The van der Waals surface area contributed by atoms with Gasteiger partial charge in [0, 0.05) is 29.3 Å². The van der Waals surface area contributed by atoms with Crippen molar-refractivity contribution in [3.63, 3.8) is 0 Å². The van der Waals surface area contributed by atoms with E-state index in [-0.39, 0.29) is 5.82 Å². The number of fused-ring (bicyclic) bond motifs is 1. The molecule has 1 aromatic carbocycles. The number of amides is 1. The number of nitrogens with zero attached hydrogens (tertiary/aromatic N) is 1. The number of aromatic nitrogens is 1. The third-order valence-electron chi connectivity index (χ3n) is 4.58. The van der Waals surface area contributed by atoms with Gasteiger partial charge in [-0.2, -0.15) is 0 Å². The van der Waals surface area contributed by atoms with E-state index in [1.54, 1.807) is 12.3 Å². The van der Waals surface area contributed by atoms with E-state index in [4.69, 9.17) is 4.42 Å². The van der Waals surface area contributed by atoms with Crippen molar-refractivity contribution in [1.29, 1.82) is 0 Å². The van der Waals surface area contributed by atoms with Crippen LogP contribution >= 0.6 is 0 Å². The lowest BCUT2D eigenvalue weighted by atomic mass is 10.0. The Morgan fingerprint density at radius 3 is 2.62 bits per heavy atom. The summed E-state index contributed by atoms with van der Waals surface area (Å²) in [5.41, 5.74) is 2.53. The van der Waals surface area contributed by atoms with E-state index >= 15 is 0 Å². The first kappa shape index (κ1) is 16.4. The van der Waals surface area contributed by atoms with Gasteiger partial charge in [0.25, 0.3) is 5.91 Å². The van der Waals surface area contributed by atoms with E-state index in [0.717, 1.165) is 54.0 Å². The fraction of sp³-hybridized carbons (Fsp3) is 0.200. The quantitative estimate of drug-likeness (QED) is 0.744. The molecule has 1 aliphatic carbocycles. The van der Waals surface area contributed by atoms with Crippen molar-refractivity contribution in [2.24, 2.45) is 0 Å². The second kappa shape index (κ2) is 6.37. The first-order valence-electron chi connectivity index (χ1n) is 8.37. The highest BCUT2D eigenvalue weighted by Crippen LogP contribution is 2.37. The summed E-state index contributed by atoms with van der Waals surface area (Å²) >= 11 is 0. The third-order valence-corrected chi connectivity index (χ3v) is 4.58. The van der Waals surface area contributed by atoms with Gasteiger partial charge in [0.15, 0.2) is 0 Å². The van der Waals surface area contributed by atoms with Gasteiger partial charge in [-0.3, -0.25) is 4.79 Å². The van der Waals surface area contributed by atoms with Gasteiger partial charge in [-0.05, 0) is 44.0 Å². The number of carbonyl (C=O) groups is 1. The average molecular weight is 354 g/mol. The predicted octanol–water partition coefficient (Wildman–Crippen LogP) is 4.67. The minimum atomic E-state index is -0.913. The summed E-state index contributed by atoms with van der Waals surface area (Å²) in [6.45, 7) is 1.92. The van der Waals surface area contributed by atoms with Crippen LogP contribution in [0, 0.1) is 18.6 Å². The molecule has 2 aromatic heterocycles. The minimum absolute atomic E-state index is 0.221. The maximum absolute atomic E-state index is 13.7. The lowest BCUT2D eigenvalue weighted by molar-refractivity contribution is 0.101. The van der Waals surface area contributed by atoms with Crippen LogP contribution in [0.15, 0.2) is 40.9 Å². The Morgan fingerprint density at radius 2 is 1.92 bits per heavy atom. The molecule has 4 rings (SSSR count). The third kappa shape index (κ3) is 2.77. The average Bonchev–Trinajstić information content (AvgIpc) is 3.15. The normalized spacial score (nSPS) is 12.9. The largest absolute Gasteiger partial charge is 0.465 e. The fourth-order valence-corrected chi connectivity index (χ4v) is 3.43. The zero-order chi connectivity index (χ0) is 18.3. The highest BCUT2D eigenvalue weighted by Gasteiger charge is 2.23. The Hall–Kier alpha value is -3.02. The van der Waals surface area contributed by atoms with E-state index < -0.39 is 23.1 Å². The summed E-state index contributed by atoms with van der Waals surface area (Å²) in [6, 6.07) is 6.71. The molecule has 0 saturated heterocycles. The molecule has 1 N–H and O–H groups in total. The van der Waals surface area contributed by atoms with Crippen molar-refractivity contribution in [3.8, 4) is 11.1 Å². The number of halogens is 2. The van der Waals surface area contributed by atoms with Crippen LogP contribution in [0.1, 0.15) is 33.9 Å². The zero-order valence-corrected chi connectivity index (χ0v) is 14.1. The molecule has 0 aliphatic heterocycles. The van der Waals surface area contributed by atoms with Crippen molar-refractivity contribution in [3.05, 3.63) is 70.8 Å². The number of nitrogens with one attached hydrogen (secondary N) is 1. The Bertz CT molecular complexity index is 974. The molecule has 0 atom stereocenters. The topological polar surface area (TPSA) is 55.1 Å². The second-order valence-electron chi connectivity index (χ2n) is 6.27. The molecule has 0 bridgehead atoms. The van der Waals surface area contributed by atoms with Crippen molar-refractivity contribution in [1.82, 2.24) is 4.98 Å². The highest BCUT2D eigenvalue weighted by molar-refractivity contribution is 6.04. The summed E-state index contributed by atoms with van der Waals surface area (Å²) in [7, 11) is 0. The van der Waals surface area contributed by atoms with E-state index in [0.29, 0.717) is 0 Å². The number of pyridine rings is 1. The van der Waals surface area contributed by atoms with Crippen LogP contribution in [0.2, 0.25) is 0 Å². The Morgan fingerprint density at radius 1 is 1.15 bits per heavy atom. The van der Waals surface area contributed by atoms with Crippen LogP contribution in [0.25, 0.3) is 11.1 Å². The Kier molecular flexibility index (Phi) is 4.03. The van der Waals surface area contributed by atoms with Gasteiger partial charge in [0.2, 0.25) is 0 Å². The molecule has 2 heterocycles. The van der Waals surface area contributed by atoms with Gasteiger partial charge in [0.1, 0.15) is 34.5 Å². The SMILES string of the molecule is Cc1oc2c(c1-c1ccc(NC(=O)c3c(F)cccc3F)nc1)CCC2. The fourth-order valence-electron chi connectivity index (χ4n) is 3.43. The van der Waals surface area contributed by atoms with E-state index in [2.05, 4.69) is 10.3 Å². The highest BCUT2D eigenvalue weighted by atomic mass is 19.1. The summed E-state index contributed by atoms with van der Waals surface area (Å²) in [5.74, 6) is -0.598. The first-order chi connectivity index (χ1) is 12.5. The van der Waals surface area contributed by atoms with Gasteiger partial charge in [-0.15, -0.1) is 0 Å². The summed E-state index contributed by atoms with van der Waals surface area (Å²) in [4.78, 5) is 16.3. The lowest BCUT2D eigenvalue weighted by Crippen LogP contribution is -2.16. The number of furan rings is 1. The van der Waals surface area contributed by atoms with Gasteiger partial charge < -0.3 is 9.73 Å². The van der Waals surface area contributed by atoms with E-state index in [9.17, 15) is 13.6 Å². The van der Waals surface area contributed by atoms with Crippen LogP contribution in [-0.2, 0) is 12.8 Å². The van der Waals surface area contributed by atoms with Gasteiger partial charge in [-0.25, -0.2) is 13.8 Å². The number of aryl methyl sites for hydroxylation is 2. The maximum atomic E-state index is 13.7. The lowest BCUT2D eigenvalue weighted by Gasteiger charge is -2.08. The number of hydrogen-bond acceptors (Lipinski definition) is 3. The van der Waals surface area contributed by atoms with Crippen LogP contribution in [0.4, 0.5) is 14.6 Å². The molecule has 1 aliphatic rings. The summed E-state index contributed by atoms with van der Waals surface area (Å²) in [5, 5.41) is 2.43. The molecule has 4 nitrogen and oxygen atoms in total. The summed E-state index contributed by atoms with van der Waals surface area (Å²) in [6.07, 6.45) is 4.64. The Labute approximate surface area is 148 Å². The molecule has 3 aromatic rings. The zero-order valence-electron chi connectivity index (χ0n) is 14.1. The molecule has 6 heteroatoms. The predicted molar refractivity (Wildman–Crippen MR) is 93.0 cm³/mol. The van der Waals surface area contributed by atoms with Crippen LogP contribution in [0.3, 0.4) is 0 Å². The van der Waals surface area contributed by atoms with Gasteiger partial charge in [0.05, 0.1) is 0 Å². The molecule has 0 saturated carbocycles. The van der Waals surface area contributed by atoms with Gasteiger partial charge >= 0.3 is 0 Å². The molecule has 132 valence electrons. The molecule has 0 unspecified atom stereocenters. The molecule has 0 spiro atoms. The van der Waals surface area contributed by atoms with E-state index in [1.807, 2.05) is 13.0 Å². The molecule has 26 heavy (non-hydrogen) atoms. The van der Waals surface area contributed by atoms with E-state index in [1.165, 1.54) is 11.6 Å². The van der Waals surface area contributed by atoms with Crippen molar-refractivity contribution in [2.75, 3.05) is 5.32 Å². The number of benzene rings is 1. The first-order valence-corrected chi connectivity index (χ1v) is 8.37. The Balaban J connectivity index is 1.58. The van der Waals surface area contributed by atoms with Crippen molar-refractivity contribution < 1.29 is 18.0 Å². The van der Waals surface area contributed by atoms with Crippen LogP contribution in [-0.4, -0.2) is 10.9 Å². The molecule has 1 amide bonds. The second-order valence-corrected chi connectivity index (χ2v) is 6.27. The number of anilines is 1. The minimum Gasteiger partial charge on any atom is -0.465 e. The molecular weight excluding hydrogens is 338 g/mol. The monoisotopic (exact) mass is 354 g/mol. The van der Waals surface area contributed by atoms with Crippen molar-refractivity contribution >= 4 is 11.7 Å². The summed E-state index contributed by atoms with van der Waals surface area (Å²) < 4.78 is 33.2.